The average Bonchev–Trinajstić information content (AvgIpc) is 2.46. The van der Waals surface area contributed by atoms with Gasteiger partial charge < -0.3 is 5.73 Å². The van der Waals surface area contributed by atoms with E-state index in [4.69, 9.17) is 17.3 Å². The van der Waals surface area contributed by atoms with Crippen LogP contribution in [0.2, 0.25) is 5.02 Å². The van der Waals surface area contributed by atoms with Gasteiger partial charge in [-0.05, 0) is 35.1 Å². The van der Waals surface area contributed by atoms with E-state index in [1.165, 1.54) is 0 Å². The van der Waals surface area contributed by atoms with Crippen molar-refractivity contribution in [2.45, 2.75) is 12.5 Å². The number of aromatic nitrogens is 1. The van der Waals surface area contributed by atoms with Crippen LogP contribution in [0, 0.1) is 0 Å². The summed E-state index contributed by atoms with van der Waals surface area (Å²) in [4.78, 5) is 4.29. The Hall–Kier alpha value is -1.90. The lowest BCUT2D eigenvalue weighted by atomic mass is 9.97. The molecular formula is C17H15ClN2. The van der Waals surface area contributed by atoms with Gasteiger partial charge in [-0.1, -0.05) is 48.0 Å². The summed E-state index contributed by atoms with van der Waals surface area (Å²) < 4.78 is 0. The van der Waals surface area contributed by atoms with Gasteiger partial charge >= 0.3 is 0 Å². The molecule has 100 valence electrons. The van der Waals surface area contributed by atoms with Crippen molar-refractivity contribution in [3.63, 3.8) is 0 Å². The monoisotopic (exact) mass is 282 g/mol. The third-order valence-corrected chi connectivity index (χ3v) is 3.68. The van der Waals surface area contributed by atoms with Crippen LogP contribution in [0.4, 0.5) is 0 Å². The normalized spacial score (nSPS) is 12.5. The molecule has 2 nitrogen and oxygen atoms in total. The first-order valence-corrected chi connectivity index (χ1v) is 6.94. The SMILES string of the molecule is NC(Cc1cccc(Cl)c1)c1cncc2ccccc12. The number of nitrogens with zero attached hydrogens (tertiary/aromatic N) is 1. The van der Waals surface area contributed by atoms with Crippen molar-refractivity contribution in [3.8, 4) is 0 Å². The van der Waals surface area contributed by atoms with Crippen molar-refractivity contribution in [1.82, 2.24) is 4.98 Å². The van der Waals surface area contributed by atoms with Crippen molar-refractivity contribution in [2.75, 3.05) is 0 Å². The molecule has 3 aromatic rings. The third kappa shape index (κ3) is 2.67. The van der Waals surface area contributed by atoms with Gasteiger partial charge in [0.2, 0.25) is 0 Å². The quantitative estimate of drug-likeness (QED) is 0.784. The van der Waals surface area contributed by atoms with Gasteiger partial charge in [-0.3, -0.25) is 4.98 Å². The summed E-state index contributed by atoms with van der Waals surface area (Å²) in [6.45, 7) is 0. The van der Waals surface area contributed by atoms with Crippen molar-refractivity contribution < 1.29 is 0 Å². The summed E-state index contributed by atoms with van der Waals surface area (Å²) >= 11 is 6.02. The zero-order valence-electron chi connectivity index (χ0n) is 11.0. The molecule has 0 spiro atoms. The van der Waals surface area contributed by atoms with E-state index in [-0.39, 0.29) is 6.04 Å². The highest BCUT2D eigenvalue weighted by Crippen LogP contribution is 2.24. The van der Waals surface area contributed by atoms with Gasteiger partial charge in [-0.15, -0.1) is 0 Å². The first-order chi connectivity index (χ1) is 9.74. The molecule has 0 aliphatic heterocycles. The summed E-state index contributed by atoms with van der Waals surface area (Å²) in [6, 6.07) is 15.9. The lowest BCUT2D eigenvalue weighted by molar-refractivity contribution is 0.725. The minimum atomic E-state index is -0.0907. The number of benzene rings is 2. The lowest BCUT2D eigenvalue weighted by Gasteiger charge is -2.14. The third-order valence-electron chi connectivity index (χ3n) is 3.44. The highest BCUT2D eigenvalue weighted by molar-refractivity contribution is 6.30. The highest BCUT2D eigenvalue weighted by atomic mass is 35.5. The van der Waals surface area contributed by atoms with Crippen LogP contribution in [0.1, 0.15) is 17.2 Å². The summed E-state index contributed by atoms with van der Waals surface area (Å²) in [5.74, 6) is 0. The van der Waals surface area contributed by atoms with Gasteiger partial charge in [0.1, 0.15) is 0 Å². The molecule has 0 fully saturated rings. The van der Waals surface area contributed by atoms with Crippen LogP contribution in [0.25, 0.3) is 10.8 Å². The smallest absolute Gasteiger partial charge is 0.0408 e. The molecule has 0 aliphatic carbocycles. The number of pyridine rings is 1. The zero-order chi connectivity index (χ0) is 13.9. The van der Waals surface area contributed by atoms with E-state index in [0.29, 0.717) is 0 Å². The molecule has 1 unspecified atom stereocenters. The Kier molecular flexibility index (Phi) is 3.68. The van der Waals surface area contributed by atoms with Gasteiger partial charge in [0.05, 0.1) is 0 Å². The van der Waals surface area contributed by atoms with Crippen LogP contribution in [0.5, 0.6) is 0 Å². The number of nitrogens with two attached hydrogens (primary N) is 1. The Labute approximate surface area is 123 Å². The Morgan fingerprint density at radius 1 is 1.05 bits per heavy atom. The molecule has 1 heterocycles. The topological polar surface area (TPSA) is 38.9 Å². The molecule has 2 N–H and O–H groups in total. The van der Waals surface area contributed by atoms with E-state index in [1.807, 2.05) is 48.8 Å². The predicted molar refractivity (Wildman–Crippen MR) is 83.8 cm³/mol. The van der Waals surface area contributed by atoms with Crippen LogP contribution in [-0.2, 0) is 6.42 Å². The first kappa shape index (κ1) is 13.1. The number of hydrogen-bond acceptors (Lipinski definition) is 2. The van der Waals surface area contributed by atoms with Crippen LogP contribution in [-0.4, -0.2) is 4.98 Å². The maximum atomic E-state index is 6.36. The first-order valence-electron chi connectivity index (χ1n) is 6.57. The van der Waals surface area contributed by atoms with E-state index in [1.54, 1.807) is 0 Å². The Balaban J connectivity index is 1.94. The van der Waals surface area contributed by atoms with Crippen molar-refractivity contribution in [1.29, 1.82) is 0 Å². The van der Waals surface area contributed by atoms with Crippen molar-refractivity contribution in [2.24, 2.45) is 5.73 Å². The molecule has 2 aromatic carbocycles. The average molecular weight is 283 g/mol. The molecule has 0 saturated carbocycles. The maximum absolute atomic E-state index is 6.36. The minimum Gasteiger partial charge on any atom is -0.324 e. The Morgan fingerprint density at radius 2 is 1.90 bits per heavy atom. The molecule has 20 heavy (non-hydrogen) atoms. The number of rotatable bonds is 3. The van der Waals surface area contributed by atoms with Gasteiger partial charge in [0.15, 0.2) is 0 Å². The summed E-state index contributed by atoms with van der Waals surface area (Å²) in [5.41, 5.74) is 8.57. The molecule has 0 bridgehead atoms. The van der Waals surface area contributed by atoms with E-state index in [0.717, 1.165) is 33.3 Å². The Bertz CT molecular complexity index is 734. The molecule has 1 aromatic heterocycles. The van der Waals surface area contributed by atoms with E-state index in [9.17, 15) is 0 Å². The van der Waals surface area contributed by atoms with Crippen LogP contribution < -0.4 is 5.73 Å². The largest absolute Gasteiger partial charge is 0.324 e. The molecule has 1 atom stereocenters. The predicted octanol–water partition coefficient (Wildman–Crippen LogP) is 4.13. The van der Waals surface area contributed by atoms with Crippen LogP contribution in [0.3, 0.4) is 0 Å². The van der Waals surface area contributed by atoms with Gasteiger partial charge in [-0.25, -0.2) is 0 Å². The van der Waals surface area contributed by atoms with Crippen LogP contribution in [0.15, 0.2) is 60.9 Å². The molecule has 3 heteroatoms. The van der Waals surface area contributed by atoms with E-state index >= 15 is 0 Å². The number of fused-ring (bicyclic) bond motifs is 1. The maximum Gasteiger partial charge on any atom is 0.0408 e. The molecule has 0 amide bonds. The van der Waals surface area contributed by atoms with E-state index in [2.05, 4.69) is 17.1 Å². The fraction of sp³-hybridized carbons (Fsp3) is 0.118. The second-order valence-corrected chi connectivity index (χ2v) is 5.33. The highest BCUT2D eigenvalue weighted by Gasteiger charge is 2.11. The molecule has 0 saturated heterocycles. The second kappa shape index (κ2) is 5.61. The molecular weight excluding hydrogens is 268 g/mol. The number of halogens is 1. The van der Waals surface area contributed by atoms with Crippen molar-refractivity contribution in [3.05, 3.63) is 77.1 Å². The summed E-state index contributed by atoms with van der Waals surface area (Å²) in [5, 5.41) is 3.02. The summed E-state index contributed by atoms with van der Waals surface area (Å²) in [7, 11) is 0. The zero-order valence-corrected chi connectivity index (χ0v) is 11.7. The molecule has 3 rings (SSSR count). The minimum absolute atomic E-state index is 0.0907. The fourth-order valence-electron chi connectivity index (χ4n) is 2.46. The molecule has 0 aliphatic rings. The van der Waals surface area contributed by atoms with Gasteiger partial charge in [0, 0.05) is 28.8 Å². The second-order valence-electron chi connectivity index (χ2n) is 4.89. The number of hydrogen-bond donors (Lipinski definition) is 1. The van der Waals surface area contributed by atoms with Crippen molar-refractivity contribution >= 4 is 22.4 Å². The van der Waals surface area contributed by atoms with Gasteiger partial charge in [-0.2, -0.15) is 0 Å². The Morgan fingerprint density at radius 3 is 2.75 bits per heavy atom. The summed E-state index contributed by atoms with van der Waals surface area (Å²) in [6.07, 6.45) is 4.47. The van der Waals surface area contributed by atoms with Gasteiger partial charge in [0.25, 0.3) is 0 Å². The lowest BCUT2D eigenvalue weighted by Crippen LogP contribution is -2.14. The van der Waals surface area contributed by atoms with E-state index < -0.39 is 0 Å². The molecule has 0 radical (unpaired) electrons. The standard InChI is InChI=1S/C17H15ClN2/c18-14-6-3-4-12(8-14)9-17(19)16-11-20-10-13-5-1-2-7-15(13)16/h1-8,10-11,17H,9,19H2. The fourth-order valence-corrected chi connectivity index (χ4v) is 2.68. The van der Waals surface area contributed by atoms with Crippen LogP contribution >= 0.6 is 11.6 Å².